The second-order valence-corrected chi connectivity index (χ2v) is 4.83. The van der Waals surface area contributed by atoms with Gasteiger partial charge in [-0.25, -0.2) is 4.79 Å². The van der Waals surface area contributed by atoms with Gasteiger partial charge in [0.2, 0.25) is 0 Å². The van der Waals surface area contributed by atoms with Crippen LogP contribution < -0.4 is 0 Å². The lowest BCUT2D eigenvalue weighted by Crippen LogP contribution is -2.65. The van der Waals surface area contributed by atoms with Crippen LogP contribution in [0.4, 0.5) is 4.79 Å². The van der Waals surface area contributed by atoms with Gasteiger partial charge in [-0.15, -0.1) is 0 Å². The number of Topliss-reactive ketones (excluding diaryl/α,β-unsaturated/α-hetero) is 1. The van der Waals surface area contributed by atoms with Gasteiger partial charge in [0.1, 0.15) is 30.7 Å². The average molecular weight is 259 g/mol. The molecule has 1 amide bonds. The van der Waals surface area contributed by atoms with E-state index in [1.807, 2.05) is 0 Å². The molecule has 5 atom stereocenters. The van der Waals surface area contributed by atoms with Crippen molar-refractivity contribution in [2.45, 2.75) is 50.2 Å². The van der Waals surface area contributed by atoms with Crippen LogP contribution in [-0.2, 0) is 9.53 Å². The van der Waals surface area contributed by atoms with E-state index < -0.39 is 36.5 Å². The number of ketones is 1. The Morgan fingerprint density at radius 2 is 2.00 bits per heavy atom. The molecule has 0 aromatic heterocycles. The van der Waals surface area contributed by atoms with E-state index in [4.69, 9.17) is 4.74 Å². The second-order valence-electron chi connectivity index (χ2n) is 4.83. The molecule has 2 aliphatic rings. The number of fused-ring (bicyclic) bond motifs is 1. The number of amides is 1. The van der Waals surface area contributed by atoms with E-state index >= 15 is 0 Å². The number of rotatable bonds is 3. The average Bonchev–Trinajstić information content (AvgIpc) is 2.68. The molecule has 0 saturated carbocycles. The molecule has 0 spiro atoms. The number of aliphatic hydroxyl groups excluding tert-OH is 3. The lowest BCUT2D eigenvalue weighted by atomic mass is 9.86. The molecule has 102 valence electrons. The van der Waals surface area contributed by atoms with E-state index in [0.717, 1.165) is 0 Å². The highest BCUT2D eigenvalue weighted by Crippen LogP contribution is 2.31. The summed E-state index contributed by atoms with van der Waals surface area (Å²) in [6.07, 6.45) is -4.04. The molecule has 7 heteroatoms. The molecule has 0 aromatic rings. The Kier molecular flexibility index (Phi) is 3.56. The Labute approximate surface area is 104 Å². The summed E-state index contributed by atoms with van der Waals surface area (Å²) in [5, 5.41) is 29.4. The number of hydrogen-bond donors (Lipinski definition) is 3. The minimum atomic E-state index is -1.34. The van der Waals surface area contributed by atoms with E-state index in [-0.39, 0.29) is 25.2 Å². The first kappa shape index (κ1) is 13.3. The molecular weight excluding hydrogens is 242 g/mol. The summed E-state index contributed by atoms with van der Waals surface area (Å²) in [6.45, 7) is 1.40. The van der Waals surface area contributed by atoms with Crippen molar-refractivity contribution in [3.05, 3.63) is 0 Å². The molecule has 2 saturated heterocycles. The highest BCUT2D eigenvalue weighted by molar-refractivity contribution is 5.76. The monoisotopic (exact) mass is 259 g/mol. The Bertz CT molecular complexity index is 359. The van der Waals surface area contributed by atoms with Crippen molar-refractivity contribution in [3.8, 4) is 0 Å². The molecule has 3 N–H and O–H groups in total. The van der Waals surface area contributed by atoms with Crippen molar-refractivity contribution in [2.75, 3.05) is 6.61 Å². The van der Waals surface area contributed by atoms with Crippen molar-refractivity contribution in [3.63, 3.8) is 0 Å². The van der Waals surface area contributed by atoms with Crippen LogP contribution in [0.3, 0.4) is 0 Å². The molecule has 0 radical (unpaired) electrons. The maximum Gasteiger partial charge on any atom is 0.410 e. The molecule has 0 aliphatic carbocycles. The first-order valence-electron chi connectivity index (χ1n) is 5.92. The zero-order valence-corrected chi connectivity index (χ0v) is 10.0. The number of carbonyl (C=O) groups excluding carboxylic acids is 2. The molecule has 2 fully saturated rings. The van der Waals surface area contributed by atoms with Gasteiger partial charge >= 0.3 is 6.09 Å². The van der Waals surface area contributed by atoms with Crippen LogP contribution in [0.1, 0.15) is 19.8 Å². The Morgan fingerprint density at radius 1 is 1.33 bits per heavy atom. The van der Waals surface area contributed by atoms with Crippen LogP contribution in [0.25, 0.3) is 0 Å². The van der Waals surface area contributed by atoms with Crippen LogP contribution in [0.15, 0.2) is 0 Å². The van der Waals surface area contributed by atoms with E-state index in [2.05, 4.69) is 0 Å². The highest BCUT2D eigenvalue weighted by Gasteiger charge is 2.53. The smallest absolute Gasteiger partial charge is 0.410 e. The largest absolute Gasteiger partial charge is 0.447 e. The Balaban J connectivity index is 2.18. The van der Waals surface area contributed by atoms with Gasteiger partial charge in [-0.05, 0) is 13.3 Å². The molecule has 5 unspecified atom stereocenters. The van der Waals surface area contributed by atoms with Gasteiger partial charge in [0, 0.05) is 6.42 Å². The van der Waals surface area contributed by atoms with Crippen LogP contribution >= 0.6 is 0 Å². The number of hydrogen-bond acceptors (Lipinski definition) is 6. The fraction of sp³-hybridized carbons (Fsp3) is 0.818. The quantitative estimate of drug-likeness (QED) is 0.578. The number of aliphatic hydroxyl groups is 3. The van der Waals surface area contributed by atoms with Gasteiger partial charge in [-0.1, -0.05) is 0 Å². The van der Waals surface area contributed by atoms with Crippen molar-refractivity contribution >= 4 is 11.9 Å². The number of cyclic esters (lactones) is 1. The van der Waals surface area contributed by atoms with Gasteiger partial charge in [0.15, 0.2) is 0 Å². The van der Waals surface area contributed by atoms with Crippen LogP contribution in [0.5, 0.6) is 0 Å². The second kappa shape index (κ2) is 4.83. The lowest BCUT2D eigenvalue weighted by Gasteiger charge is -2.44. The highest BCUT2D eigenvalue weighted by atomic mass is 16.6. The van der Waals surface area contributed by atoms with Crippen LogP contribution in [0, 0.1) is 0 Å². The summed E-state index contributed by atoms with van der Waals surface area (Å²) in [7, 11) is 0. The van der Waals surface area contributed by atoms with Crippen molar-refractivity contribution in [1.82, 2.24) is 4.90 Å². The molecule has 0 bridgehead atoms. The summed E-state index contributed by atoms with van der Waals surface area (Å²) in [6, 6.07) is -1.36. The maximum atomic E-state index is 11.6. The summed E-state index contributed by atoms with van der Waals surface area (Å²) >= 11 is 0. The summed E-state index contributed by atoms with van der Waals surface area (Å²) < 4.78 is 4.82. The van der Waals surface area contributed by atoms with E-state index in [0.29, 0.717) is 0 Å². The van der Waals surface area contributed by atoms with Gasteiger partial charge in [-0.2, -0.15) is 0 Å². The van der Waals surface area contributed by atoms with Gasteiger partial charge < -0.3 is 24.9 Å². The third-order valence-corrected chi connectivity index (χ3v) is 3.58. The minimum absolute atomic E-state index is 0.0135. The zero-order chi connectivity index (χ0) is 13.4. The zero-order valence-electron chi connectivity index (χ0n) is 10.0. The summed E-state index contributed by atoms with van der Waals surface area (Å²) in [5.74, 6) is -0.0630. The number of piperidine rings is 1. The number of ether oxygens (including phenoxy) is 1. The molecule has 2 heterocycles. The third kappa shape index (κ3) is 2.09. The van der Waals surface area contributed by atoms with Gasteiger partial charge in [0.05, 0.1) is 12.1 Å². The predicted octanol–water partition coefficient (Wildman–Crippen LogP) is -1.36. The third-order valence-electron chi connectivity index (χ3n) is 3.58. The first-order chi connectivity index (χ1) is 8.43. The standard InChI is InChI=1S/C11H17NO6/c1-5(13)2-3-6-8(14)10(16)9(15)7-4-18-11(17)12(6)7/h6-10,14-16H,2-4H2,1H3. The maximum absolute atomic E-state index is 11.6. The van der Waals surface area contributed by atoms with Gasteiger partial charge in [-0.3, -0.25) is 4.90 Å². The molecule has 18 heavy (non-hydrogen) atoms. The molecule has 2 aliphatic heterocycles. The van der Waals surface area contributed by atoms with Crippen LogP contribution in [-0.4, -0.2) is 69.1 Å². The number of carbonyl (C=O) groups is 2. The Morgan fingerprint density at radius 3 is 2.61 bits per heavy atom. The SMILES string of the molecule is CC(=O)CCC1C(O)C(O)C(O)C2COC(=O)N12. The Hall–Kier alpha value is -1.18. The minimum Gasteiger partial charge on any atom is -0.447 e. The summed E-state index contributed by atoms with van der Waals surface area (Å²) in [4.78, 5) is 23.8. The molecule has 7 nitrogen and oxygen atoms in total. The van der Waals surface area contributed by atoms with Gasteiger partial charge in [0.25, 0.3) is 0 Å². The van der Waals surface area contributed by atoms with Crippen molar-refractivity contribution < 1.29 is 29.6 Å². The first-order valence-corrected chi connectivity index (χ1v) is 5.92. The fourth-order valence-corrected chi connectivity index (χ4v) is 2.57. The fourth-order valence-electron chi connectivity index (χ4n) is 2.57. The topological polar surface area (TPSA) is 107 Å². The van der Waals surface area contributed by atoms with E-state index in [9.17, 15) is 24.9 Å². The molecule has 0 aromatic carbocycles. The van der Waals surface area contributed by atoms with Crippen LogP contribution in [0.2, 0.25) is 0 Å². The lowest BCUT2D eigenvalue weighted by molar-refractivity contribution is -0.144. The summed E-state index contributed by atoms with van der Waals surface area (Å²) in [5.41, 5.74) is 0. The number of nitrogens with zero attached hydrogens (tertiary/aromatic N) is 1. The molecular formula is C11H17NO6. The predicted molar refractivity (Wildman–Crippen MR) is 58.7 cm³/mol. The normalized spacial score (nSPS) is 39.4. The van der Waals surface area contributed by atoms with Crippen molar-refractivity contribution in [2.24, 2.45) is 0 Å². The van der Waals surface area contributed by atoms with Crippen molar-refractivity contribution in [1.29, 1.82) is 0 Å². The molecule has 2 rings (SSSR count). The van der Waals surface area contributed by atoms with E-state index in [1.54, 1.807) is 0 Å². The van der Waals surface area contributed by atoms with E-state index in [1.165, 1.54) is 11.8 Å².